The van der Waals surface area contributed by atoms with Crippen molar-refractivity contribution in [1.29, 1.82) is 0 Å². The maximum atomic E-state index is 2.42. The third-order valence-electron chi connectivity index (χ3n) is 9.36. The van der Waals surface area contributed by atoms with Crippen LogP contribution in [0.3, 0.4) is 0 Å². The second-order valence-corrected chi connectivity index (χ2v) is 12.8. The maximum absolute atomic E-state index is 2.42. The molecule has 0 aliphatic heterocycles. The zero-order valence-corrected chi connectivity index (χ0v) is 24.6. The smallest absolute Gasteiger partial charge is 0.0476 e. The summed E-state index contributed by atoms with van der Waals surface area (Å²) in [6.07, 6.45) is 0. The van der Waals surface area contributed by atoms with Gasteiger partial charge in [-0.05, 0) is 98.1 Å². The third-order valence-corrected chi connectivity index (χ3v) is 10.5. The van der Waals surface area contributed by atoms with E-state index in [1.54, 1.807) is 0 Å². The summed E-state index contributed by atoms with van der Waals surface area (Å²) < 4.78 is 2.63. The van der Waals surface area contributed by atoms with Crippen LogP contribution in [0.25, 0.3) is 75.8 Å². The highest BCUT2D eigenvalue weighted by molar-refractivity contribution is 7.25. The largest absolute Gasteiger partial charge is 0.310 e. The molecule has 7 aromatic carbocycles. The molecule has 2 heteroatoms. The maximum Gasteiger partial charge on any atom is 0.0476 e. The van der Waals surface area contributed by atoms with E-state index in [1.807, 2.05) is 11.3 Å². The molecule has 2 aliphatic carbocycles. The Balaban J connectivity index is 1.25. The number of para-hydroxylation sites is 1. The number of benzene rings is 7. The molecule has 0 spiro atoms. The Labute approximate surface area is 259 Å². The average Bonchev–Trinajstić information content (AvgIpc) is 3.40. The lowest BCUT2D eigenvalue weighted by molar-refractivity contribution is 1.29. The van der Waals surface area contributed by atoms with E-state index < -0.39 is 0 Å². The van der Waals surface area contributed by atoms with Crippen molar-refractivity contribution in [3.8, 4) is 55.6 Å². The Hall–Kier alpha value is -5.44. The minimum absolute atomic E-state index is 1.15. The molecule has 0 amide bonds. The molecule has 1 aromatic heterocycles. The molecule has 1 heterocycles. The van der Waals surface area contributed by atoms with E-state index in [1.165, 1.54) is 75.8 Å². The Morgan fingerprint density at radius 1 is 0.318 bits per heavy atom. The molecule has 0 saturated heterocycles. The van der Waals surface area contributed by atoms with Crippen molar-refractivity contribution in [3.63, 3.8) is 0 Å². The number of nitrogens with zero attached hydrogens (tertiary/aromatic N) is 1. The number of hydrogen-bond donors (Lipinski definition) is 0. The highest BCUT2D eigenvalue weighted by atomic mass is 32.1. The Bertz CT molecular complexity index is 2430. The van der Waals surface area contributed by atoms with Gasteiger partial charge >= 0.3 is 0 Å². The van der Waals surface area contributed by atoms with Gasteiger partial charge in [-0.1, -0.05) is 109 Å². The Morgan fingerprint density at radius 3 is 1.66 bits per heavy atom. The van der Waals surface area contributed by atoms with E-state index in [-0.39, 0.29) is 0 Å². The summed E-state index contributed by atoms with van der Waals surface area (Å²) in [5, 5.41) is 2.64. The topological polar surface area (TPSA) is 3.24 Å². The van der Waals surface area contributed by atoms with E-state index in [0.717, 1.165) is 17.1 Å². The SMILES string of the molecule is c1ccc(N(c2ccc3c(c2)-c2c4cccc2-c2cccc-3c2-c2ccccc2-4)c2ccc3c(c2)sc2ccccc23)cc1. The first-order chi connectivity index (χ1) is 21.8. The van der Waals surface area contributed by atoms with E-state index in [9.17, 15) is 0 Å². The van der Waals surface area contributed by atoms with Crippen molar-refractivity contribution < 1.29 is 0 Å². The van der Waals surface area contributed by atoms with E-state index >= 15 is 0 Å². The van der Waals surface area contributed by atoms with E-state index in [2.05, 4.69) is 157 Å². The van der Waals surface area contributed by atoms with Gasteiger partial charge in [-0.25, -0.2) is 0 Å². The summed E-state index contributed by atoms with van der Waals surface area (Å²) in [7, 11) is 0. The van der Waals surface area contributed by atoms with Gasteiger partial charge < -0.3 is 4.90 Å². The summed E-state index contributed by atoms with van der Waals surface area (Å²) in [5.41, 5.74) is 16.6. The summed E-state index contributed by atoms with van der Waals surface area (Å²) >= 11 is 1.87. The van der Waals surface area contributed by atoms with Crippen molar-refractivity contribution in [2.75, 3.05) is 4.90 Å². The number of thiophene rings is 1. The van der Waals surface area contributed by atoms with Crippen molar-refractivity contribution >= 4 is 48.6 Å². The number of fused-ring (bicyclic) bond motifs is 7. The van der Waals surface area contributed by atoms with Gasteiger partial charge in [0.1, 0.15) is 0 Å². The van der Waals surface area contributed by atoms with Gasteiger partial charge in [-0.15, -0.1) is 11.3 Å². The molecule has 0 atom stereocenters. The molecule has 8 aromatic rings. The molecule has 0 N–H and O–H groups in total. The highest BCUT2D eigenvalue weighted by Crippen LogP contribution is 2.57. The summed E-state index contributed by atoms with van der Waals surface area (Å²) in [6.45, 7) is 0. The van der Waals surface area contributed by atoms with Crippen LogP contribution in [0.15, 0.2) is 152 Å². The molecule has 0 radical (unpaired) electrons. The molecule has 44 heavy (non-hydrogen) atoms. The second-order valence-electron chi connectivity index (χ2n) is 11.7. The zero-order valence-electron chi connectivity index (χ0n) is 23.8. The standard InChI is InChI=1S/C42H25NS/c1-2-10-26(11-3-1)43(28-21-23-32-31-13-6-7-19-39(31)44-40(32)25-28)27-20-22-30-35-16-9-17-36-37-18-8-15-34(42(37)38(30)24-27)29-12-4-5-14-33(29)41(35)36/h1-25H. The summed E-state index contributed by atoms with van der Waals surface area (Å²) in [5.74, 6) is 0. The average molecular weight is 576 g/mol. The minimum atomic E-state index is 1.15. The molecule has 0 unspecified atom stereocenters. The van der Waals surface area contributed by atoms with Gasteiger partial charge in [0, 0.05) is 37.2 Å². The van der Waals surface area contributed by atoms with Gasteiger partial charge in [-0.3, -0.25) is 0 Å². The van der Waals surface area contributed by atoms with Crippen LogP contribution in [-0.4, -0.2) is 0 Å². The van der Waals surface area contributed by atoms with Crippen LogP contribution in [0.5, 0.6) is 0 Å². The zero-order chi connectivity index (χ0) is 28.8. The number of rotatable bonds is 3. The van der Waals surface area contributed by atoms with Crippen LogP contribution in [0.1, 0.15) is 0 Å². The Kier molecular flexibility index (Phi) is 4.94. The molecular weight excluding hydrogens is 551 g/mol. The Morgan fingerprint density at radius 2 is 0.864 bits per heavy atom. The van der Waals surface area contributed by atoms with Crippen LogP contribution in [-0.2, 0) is 0 Å². The van der Waals surface area contributed by atoms with Crippen molar-refractivity contribution in [2.45, 2.75) is 0 Å². The molecule has 0 saturated carbocycles. The predicted octanol–water partition coefficient (Wildman–Crippen LogP) is 12.5. The molecule has 6 bridgehead atoms. The first kappa shape index (κ1) is 24.0. The molecular formula is C42H25NS. The molecule has 204 valence electrons. The first-order valence-electron chi connectivity index (χ1n) is 15.1. The summed E-state index contributed by atoms with van der Waals surface area (Å²) in [6, 6.07) is 56.1. The van der Waals surface area contributed by atoms with Crippen molar-refractivity contribution in [1.82, 2.24) is 0 Å². The molecule has 0 fully saturated rings. The lowest BCUT2D eigenvalue weighted by atomic mass is 9.83. The fourth-order valence-electron chi connectivity index (χ4n) is 7.51. The van der Waals surface area contributed by atoms with E-state index in [0.29, 0.717) is 0 Å². The van der Waals surface area contributed by atoms with Crippen LogP contribution >= 0.6 is 11.3 Å². The van der Waals surface area contributed by atoms with Gasteiger partial charge in [0.15, 0.2) is 0 Å². The first-order valence-corrected chi connectivity index (χ1v) is 15.9. The van der Waals surface area contributed by atoms with Gasteiger partial charge in [0.2, 0.25) is 0 Å². The van der Waals surface area contributed by atoms with E-state index in [4.69, 9.17) is 0 Å². The normalized spacial score (nSPS) is 12.1. The van der Waals surface area contributed by atoms with Crippen LogP contribution in [0, 0.1) is 0 Å². The molecule has 10 rings (SSSR count). The van der Waals surface area contributed by atoms with Crippen LogP contribution in [0.4, 0.5) is 17.1 Å². The monoisotopic (exact) mass is 575 g/mol. The highest BCUT2D eigenvalue weighted by Gasteiger charge is 2.31. The fourth-order valence-corrected chi connectivity index (χ4v) is 8.65. The summed E-state index contributed by atoms with van der Waals surface area (Å²) in [4.78, 5) is 2.41. The third kappa shape index (κ3) is 3.29. The number of hydrogen-bond acceptors (Lipinski definition) is 2. The lowest BCUT2D eigenvalue weighted by Gasteiger charge is -2.27. The van der Waals surface area contributed by atoms with Crippen molar-refractivity contribution in [2.24, 2.45) is 0 Å². The number of anilines is 3. The second kappa shape index (κ2) is 9.03. The molecule has 1 nitrogen and oxygen atoms in total. The van der Waals surface area contributed by atoms with Gasteiger partial charge in [-0.2, -0.15) is 0 Å². The minimum Gasteiger partial charge on any atom is -0.310 e. The fraction of sp³-hybridized carbons (Fsp3) is 0. The quantitative estimate of drug-likeness (QED) is 0.202. The van der Waals surface area contributed by atoms with Crippen LogP contribution in [0.2, 0.25) is 0 Å². The predicted molar refractivity (Wildman–Crippen MR) is 188 cm³/mol. The molecule has 2 aliphatic rings. The van der Waals surface area contributed by atoms with Gasteiger partial charge in [0.05, 0.1) is 0 Å². The van der Waals surface area contributed by atoms with Crippen molar-refractivity contribution in [3.05, 3.63) is 152 Å². The van der Waals surface area contributed by atoms with Gasteiger partial charge in [0.25, 0.3) is 0 Å². The lowest BCUT2D eigenvalue weighted by Crippen LogP contribution is -2.10. The van der Waals surface area contributed by atoms with Crippen LogP contribution < -0.4 is 4.90 Å².